The normalized spacial score (nSPS) is 20.0. The summed E-state index contributed by atoms with van der Waals surface area (Å²) >= 11 is 0. The Morgan fingerprint density at radius 3 is 2.70 bits per heavy atom. The molecule has 2 atom stereocenters. The number of rotatable bonds is 5. The lowest BCUT2D eigenvalue weighted by molar-refractivity contribution is -0.131. The maximum Gasteiger partial charge on any atom is 0.328 e. The Morgan fingerprint density at radius 2 is 2.03 bits per heavy atom. The molecule has 0 saturated heterocycles. The van der Waals surface area contributed by atoms with E-state index in [2.05, 4.69) is 28.1 Å². The minimum absolute atomic E-state index is 0.0874. The van der Waals surface area contributed by atoms with Crippen LogP contribution in [0.2, 0.25) is 0 Å². The predicted molar refractivity (Wildman–Crippen MR) is 116 cm³/mol. The third-order valence-electron chi connectivity index (χ3n) is 5.69. The average Bonchev–Trinajstić information content (AvgIpc) is 3.16. The molecular weight excluding hydrogens is 381 g/mol. The number of carboxylic acid groups (broad SMARTS) is 1. The predicted octanol–water partition coefficient (Wildman–Crippen LogP) is 4.74. The van der Waals surface area contributed by atoms with Gasteiger partial charge in [-0.3, -0.25) is 10.00 Å². The molecule has 0 fully saturated rings. The van der Waals surface area contributed by atoms with Crippen LogP contribution < -0.4 is 0 Å². The minimum Gasteiger partial charge on any atom is -0.478 e. The van der Waals surface area contributed by atoms with Gasteiger partial charge in [0.25, 0.3) is 0 Å². The topological polar surface area (TPSA) is 69.2 Å². The van der Waals surface area contributed by atoms with Crippen LogP contribution in [0.25, 0.3) is 17.0 Å². The fourth-order valence-electron chi connectivity index (χ4n) is 4.43. The first-order valence-electron chi connectivity index (χ1n) is 10.1. The molecule has 0 radical (unpaired) electrons. The van der Waals surface area contributed by atoms with Gasteiger partial charge in [-0.25, -0.2) is 9.18 Å². The molecule has 0 amide bonds. The summed E-state index contributed by atoms with van der Waals surface area (Å²) in [4.78, 5) is 13.0. The van der Waals surface area contributed by atoms with E-state index in [9.17, 15) is 9.18 Å². The van der Waals surface area contributed by atoms with E-state index in [1.165, 1.54) is 11.1 Å². The number of hydrogen-bond donors (Lipinski definition) is 2. The first-order valence-corrected chi connectivity index (χ1v) is 10.1. The highest BCUT2D eigenvalue weighted by molar-refractivity contribution is 5.85. The van der Waals surface area contributed by atoms with E-state index in [0.717, 1.165) is 34.5 Å². The number of carboxylic acids is 1. The molecule has 0 saturated carbocycles. The maximum atomic E-state index is 14.7. The third-order valence-corrected chi connectivity index (χ3v) is 5.69. The van der Waals surface area contributed by atoms with Crippen molar-refractivity contribution in [3.05, 3.63) is 70.9 Å². The number of H-pyrrole nitrogens is 1. The highest BCUT2D eigenvalue weighted by Gasteiger charge is 2.37. The third kappa shape index (κ3) is 4.00. The smallest absolute Gasteiger partial charge is 0.328 e. The van der Waals surface area contributed by atoms with Crippen LogP contribution in [-0.4, -0.2) is 44.4 Å². The van der Waals surface area contributed by atoms with Crippen LogP contribution >= 0.6 is 0 Å². The van der Waals surface area contributed by atoms with Gasteiger partial charge < -0.3 is 5.11 Å². The van der Waals surface area contributed by atoms with Gasteiger partial charge in [-0.05, 0) is 61.6 Å². The summed E-state index contributed by atoms with van der Waals surface area (Å²) < 4.78 is 14.7. The zero-order valence-corrected chi connectivity index (χ0v) is 17.4. The Kier molecular flexibility index (Phi) is 5.20. The molecule has 156 valence electrons. The molecule has 2 N–H and O–H groups in total. The van der Waals surface area contributed by atoms with E-state index < -0.39 is 11.6 Å². The molecule has 2 heterocycles. The number of nitrogens with one attached hydrogen (secondary N) is 1. The van der Waals surface area contributed by atoms with Crippen molar-refractivity contribution in [2.24, 2.45) is 0 Å². The van der Waals surface area contributed by atoms with Crippen LogP contribution in [0.15, 0.2) is 48.7 Å². The number of nitrogens with zero attached hydrogens (tertiary/aromatic N) is 2. The highest BCUT2D eigenvalue weighted by Crippen LogP contribution is 2.41. The van der Waals surface area contributed by atoms with E-state index in [0.29, 0.717) is 6.54 Å². The van der Waals surface area contributed by atoms with E-state index in [1.54, 1.807) is 19.9 Å². The molecule has 1 aromatic heterocycles. The van der Waals surface area contributed by atoms with Crippen molar-refractivity contribution in [2.75, 3.05) is 6.54 Å². The second-order valence-electron chi connectivity index (χ2n) is 8.65. The van der Waals surface area contributed by atoms with Gasteiger partial charge in [0.15, 0.2) is 0 Å². The van der Waals surface area contributed by atoms with E-state index in [-0.39, 0.29) is 12.1 Å². The van der Waals surface area contributed by atoms with Gasteiger partial charge in [0, 0.05) is 24.0 Å². The van der Waals surface area contributed by atoms with Crippen LogP contribution in [0.4, 0.5) is 4.39 Å². The van der Waals surface area contributed by atoms with Gasteiger partial charge in [-0.15, -0.1) is 0 Å². The molecule has 0 bridgehead atoms. The maximum absolute atomic E-state index is 14.7. The molecule has 4 rings (SSSR count). The van der Waals surface area contributed by atoms with Crippen molar-refractivity contribution in [1.82, 2.24) is 15.1 Å². The molecule has 1 aliphatic rings. The Morgan fingerprint density at radius 1 is 1.30 bits per heavy atom. The Hall–Kier alpha value is -2.99. The largest absolute Gasteiger partial charge is 0.478 e. The van der Waals surface area contributed by atoms with Crippen molar-refractivity contribution in [2.45, 2.75) is 44.9 Å². The summed E-state index contributed by atoms with van der Waals surface area (Å²) in [7, 11) is 0. The summed E-state index contributed by atoms with van der Waals surface area (Å²) in [6, 6.07) is 12.0. The number of fused-ring (bicyclic) bond motifs is 3. The van der Waals surface area contributed by atoms with Gasteiger partial charge in [0.05, 0.1) is 17.8 Å². The fraction of sp³-hybridized carbons (Fsp3) is 0.333. The molecule has 2 aromatic carbocycles. The molecule has 0 unspecified atom stereocenters. The standard InChI is InChI=1S/C24H26FN3O2/c1-15-12-19-18(9-10-21-20(19)13-26-27-21)23(28(15)14-24(2,3)25)17-7-4-16(5-8-17)6-11-22(29)30/h4-11,13,15,23H,12,14H2,1-3H3,(H,26,27)(H,29,30)/b11-6+/t15-,23+/m1/s1. The molecule has 0 aliphatic carbocycles. The number of aliphatic carboxylic acids is 1. The molecule has 6 heteroatoms. The van der Waals surface area contributed by atoms with Crippen molar-refractivity contribution in [3.63, 3.8) is 0 Å². The lowest BCUT2D eigenvalue weighted by Gasteiger charge is -2.44. The van der Waals surface area contributed by atoms with E-state index >= 15 is 0 Å². The summed E-state index contributed by atoms with van der Waals surface area (Å²) in [5.41, 5.74) is 3.97. The summed E-state index contributed by atoms with van der Waals surface area (Å²) in [5.74, 6) is -0.977. The van der Waals surface area contributed by atoms with Gasteiger partial charge in [0.2, 0.25) is 0 Å². The number of aromatic amines is 1. The zero-order chi connectivity index (χ0) is 21.5. The highest BCUT2D eigenvalue weighted by atomic mass is 19.1. The van der Waals surface area contributed by atoms with Crippen LogP contribution in [0, 0.1) is 0 Å². The second kappa shape index (κ2) is 7.69. The molecule has 3 aromatic rings. The van der Waals surface area contributed by atoms with Crippen LogP contribution in [0.1, 0.15) is 49.1 Å². The lowest BCUT2D eigenvalue weighted by Crippen LogP contribution is -2.47. The second-order valence-corrected chi connectivity index (χ2v) is 8.65. The van der Waals surface area contributed by atoms with Crippen molar-refractivity contribution in [1.29, 1.82) is 0 Å². The van der Waals surface area contributed by atoms with Crippen molar-refractivity contribution >= 4 is 22.9 Å². The number of carbonyl (C=O) groups is 1. The molecular formula is C24H26FN3O2. The van der Waals surface area contributed by atoms with Crippen LogP contribution in [0.3, 0.4) is 0 Å². The molecule has 0 spiro atoms. The first-order chi connectivity index (χ1) is 14.2. The average molecular weight is 407 g/mol. The monoisotopic (exact) mass is 407 g/mol. The Labute approximate surface area is 175 Å². The number of benzene rings is 2. The number of alkyl halides is 1. The van der Waals surface area contributed by atoms with Crippen LogP contribution in [0.5, 0.6) is 0 Å². The first kappa shape index (κ1) is 20.3. The summed E-state index contributed by atoms with van der Waals surface area (Å²) in [6.45, 7) is 5.70. The number of halogens is 1. The Bertz CT molecular complexity index is 1100. The van der Waals surface area contributed by atoms with Gasteiger partial charge in [0.1, 0.15) is 5.67 Å². The quantitative estimate of drug-likeness (QED) is 0.599. The Balaban J connectivity index is 1.81. The lowest BCUT2D eigenvalue weighted by atomic mass is 9.83. The minimum atomic E-state index is -1.33. The molecule has 5 nitrogen and oxygen atoms in total. The van der Waals surface area contributed by atoms with Crippen LogP contribution in [-0.2, 0) is 11.2 Å². The molecule has 1 aliphatic heterocycles. The summed E-state index contributed by atoms with van der Waals surface area (Å²) in [6.07, 6.45) is 5.40. The fourth-order valence-corrected chi connectivity index (χ4v) is 4.43. The van der Waals surface area contributed by atoms with Crippen molar-refractivity contribution < 1.29 is 14.3 Å². The number of hydrogen-bond acceptors (Lipinski definition) is 3. The molecule has 30 heavy (non-hydrogen) atoms. The van der Waals surface area contributed by atoms with Gasteiger partial charge in [-0.1, -0.05) is 30.3 Å². The van der Waals surface area contributed by atoms with Crippen molar-refractivity contribution in [3.8, 4) is 0 Å². The van der Waals surface area contributed by atoms with E-state index in [4.69, 9.17) is 5.11 Å². The number of aromatic nitrogens is 2. The summed E-state index contributed by atoms with van der Waals surface area (Å²) in [5, 5.41) is 17.2. The SMILES string of the molecule is C[C@@H]1Cc2c(ccc3[nH]ncc23)[C@H](c2ccc(/C=C/C(=O)O)cc2)N1CC(C)(C)F. The van der Waals surface area contributed by atoms with Gasteiger partial charge in [-0.2, -0.15) is 5.10 Å². The van der Waals surface area contributed by atoms with Gasteiger partial charge >= 0.3 is 5.97 Å². The van der Waals surface area contributed by atoms with E-state index in [1.807, 2.05) is 36.5 Å². The zero-order valence-electron chi connectivity index (χ0n) is 17.4.